The van der Waals surface area contributed by atoms with Gasteiger partial charge in [-0.1, -0.05) is 25.3 Å². The van der Waals surface area contributed by atoms with Crippen LogP contribution < -0.4 is 20.5 Å². The smallest absolute Gasteiger partial charge is 0.251 e. The van der Waals surface area contributed by atoms with Crippen LogP contribution in [0, 0.1) is 0 Å². The molecule has 1 aliphatic heterocycles. The van der Waals surface area contributed by atoms with Crippen LogP contribution >= 0.6 is 0 Å². The summed E-state index contributed by atoms with van der Waals surface area (Å²) in [6.45, 7) is 0.812. The highest BCUT2D eigenvalue weighted by molar-refractivity contribution is 5.97. The van der Waals surface area contributed by atoms with Crippen molar-refractivity contribution in [2.75, 3.05) is 13.3 Å². The fourth-order valence-corrected chi connectivity index (χ4v) is 4.16. The van der Waals surface area contributed by atoms with Crippen molar-refractivity contribution in [3.05, 3.63) is 59.2 Å². The Balaban J connectivity index is 1.52. The van der Waals surface area contributed by atoms with Crippen molar-refractivity contribution in [2.45, 2.75) is 37.5 Å². The van der Waals surface area contributed by atoms with Gasteiger partial charge >= 0.3 is 0 Å². The van der Waals surface area contributed by atoms with Gasteiger partial charge in [0.1, 0.15) is 0 Å². The molecule has 0 aromatic heterocycles. The molecule has 2 amide bonds. The number of nitrogens with two attached hydrogens (primary N) is 1. The maximum Gasteiger partial charge on any atom is 0.251 e. The Morgan fingerprint density at radius 2 is 1.61 bits per heavy atom. The molecule has 0 spiro atoms. The van der Waals surface area contributed by atoms with E-state index in [0.29, 0.717) is 17.7 Å². The van der Waals surface area contributed by atoms with Gasteiger partial charge in [-0.05, 0) is 54.8 Å². The molecule has 4 rings (SSSR count). The van der Waals surface area contributed by atoms with E-state index >= 15 is 0 Å². The number of carbonyl (C=O) groups is 2. The number of benzene rings is 2. The first-order chi connectivity index (χ1) is 13.6. The largest absolute Gasteiger partial charge is 0.454 e. The third-order valence-electron chi connectivity index (χ3n) is 5.81. The van der Waals surface area contributed by atoms with Gasteiger partial charge in [0.2, 0.25) is 12.7 Å². The number of primary amides is 1. The quantitative estimate of drug-likeness (QED) is 0.834. The molecular weight excluding hydrogens is 356 g/mol. The number of fused-ring (bicyclic) bond motifs is 1. The number of hydrogen-bond donors (Lipinski definition) is 2. The molecule has 146 valence electrons. The monoisotopic (exact) mass is 380 g/mol. The second kappa shape index (κ2) is 7.54. The second-order valence-corrected chi connectivity index (χ2v) is 7.53. The van der Waals surface area contributed by atoms with E-state index in [0.717, 1.165) is 37.2 Å². The summed E-state index contributed by atoms with van der Waals surface area (Å²) in [4.78, 5) is 23.9. The first-order valence-electron chi connectivity index (χ1n) is 9.66. The Labute approximate surface area is 164 Å². The predicted octanol–water partition coefficient (Wildman–Crippen LogP) is 3.15. The van der Waals surface area contributed by atoms with E-state index in [-0.39, 0.29) is 18.1 Å². The van der Waals surface area contributed by atoms with Crippen LogP contribution in [0.1, 0.15) is 58.4 Å². The van der Waals surface area contributed by atoms with Crippen molar-refractivity contribution in [3.8, 4) is 11.5 Å². The van der Waals surface area contributed by atoms with Gasteiger partial charge in [0.25, 0.3) is 5.91 Å². The molecule has 6 heteroatoms. The number of amides is 2. The highest BCUT2D eigenvalue weighted by Gasteiger charge is 2.35. The molecule has 0 saturated heterocycles. The van der Waals surface area contributed by atoms with Crippen LogP contribution in [0.25, 0.3) is 0 Å². The minimum absolute atomic E-state index is 0.109. The molecule has 1 saturated carbocycles. The molecule has 6 nitrogen and oxygen atoms in total. The maximum atomic E-state index is 12.7. The number of ether oxygens (including phenoxy) is 2. The lowest BCUT2D eigenvalue weighted by molar-refractivity contribution is 0.0934. The van der Waals surface area contributed by atoms with Crippen molar-refractivity contribution in [1.82, 2.24) is 5.32 Å². The van der Waals surface area contributed by atoms with Crippen LogP contribution in [0.2, 0.25) is 0 Å². The molecule has 0 atom stereocenters. The third-order valence-corrected chi connectivity index (χ3v) is 5.81. The lowest BCUT2D eigenvalue weighted by Crippen LogP contribution is -2.42. The highest BCUT2D eigenvalue weighted by atomic mass is 16.7. The molecule has 0 radical (unpaired) electrons. The molecule has 28 heavy (non-hydrogen) atoms. The first-order valence-corrected chi connectivity index (χ1v) is 9.66. The zero-order chi connectivity index (χ0) is 19.6. The summed E-state index contributed by atoms with van der Waals surface area (Å²) >= 11 is 0. The average molecular weight is 380 g/mol. The molecular formula is C22H24N2O4. The fourth-order valence-electron chi connectivity index (χ4n) is 4.16. The lowest BCUT2D eigenvalue weighted by atomic mass is 9.69. The Bertz CT molecular complexity index is 886. The SMILES string of the molecule is NC(=O)c1ccc(C(=O)NCC2(c3ccc4c(c3)OCO4)CCCCC2)cc1. The van der Waals surface area contributed by atoms with Crippen LogP contribution in [0.4, 0.5) is 0 Å². The first kappa shape index (κ1) is 18.3. The Hall–Kier alpha value is -3.02. The summed E-state index contributed by atoms with van der Waals surface area (Å²) in [6, 6.07) is 12.5. The van der Waals surface area contributed by atoms with Crippen LogP contribution in [-0.2, 0) is 5.41 Å². The van der Waals surface area contributed by atoms with Crippen molar-refractivity contribution >= 4 is 11.8 Å². The van der Waals surface area contributed by atoms with E-state index in [1.807, 2.05) is 6.07 Å². The van der Waals surface area contributed by atoms with Crippen molar-refractivity contribution in [3.63, 3.8) is 0 Å². The summed E-state index contributed by atoms with van der Waals surface area (Å²) < 4.78 is 11.0. The van der Waals surface area contributed by atoms with Crippen molar-refractivity contribution in [1.29, 1.82) is 0 Å². The Kier molecular flexibility index (Phi) is 4.94. The normalized spacial score (nSPS) is 17.1. The Morgan fingerprint density at radius 1 is 0.929 bits per heavy atom. The van der Waals surface area contributed by atoms with Gasteiger partial charge in [-0.15, -0.1) is 0 Å². The third kappa shape index (κ3) is 3.54. The van der Waals surface area contributed by atoms with Crippen LogP contribution in [0.15, 0.2) is 42.5 Å². The van der Waals surface area contributed by atoms with Gasteiger partial charge in [0.15, 0.2) is 11.5 Å². The van der Waals surface area contributed by atoms with Crippen LogP contribution in [0.3, 0.4) is 0 Å². The van der Waals surface area contributed by atoms with Gasteiger partial charge in [-0.2, -0.15) is 0 Å². The number of carbonyl (C=O) groups excluding carboxylic acids is 2. The fraction of sp³-hybridized carbons (Fsp3) is 0.364. The molecule has 2 aliphatic rings. The van der Waals surface area contributed by atoms with E-state index in [4.69, 9.17) is 15.2 Å². The molecule has 2 aromatic rings. The summed E-state index contributed by atoms with van der Waals surface area (Å²) in [7, 11) is 0. The standard InChI is InChI=1S/C22H24N2O4/c23-20(25)15-4-6-16(7-5-15)21(26)24-13-22(10-2-1-3-11-22)17-8-9-18-19(12-17)28-14-27-18/h4-9,12H,1-3,10-11,13-14H2,(H2,23,25)(H,24,26). The zero-order valence-corrected chi connectivity index (χ0v) is 15.7. The minimum atomic E-state index is -0.504. The van der Waals surface area contributed by atoms with E-state index in [1.165, 1.54) is 12.0 Å². The van der Waals surface area contributed by atoms with Gasteiger partial charge in [0.05, 0.1) is 0 Å². The van der Waals surface area contributed by atoms with Gasteiger partial charge in [0, 0.05) is 23.1 Å². The van der Waals surface area contributed by atoms with E-state index in [2.05, 4.69) is 17.4 Å². The molecule has 0 unspecified atom stereocenters. The number of rotatable bonds is 5. The van der Waals surface area contributed by atoms with Gasteiger partial charge < -0.3 is 20.5 Å². The van der Waals surface area contributed by atoms with Crippen LogP contribution in [0.5, 0.6) is 11.5 Å². The second-order valence-electron chi connectivity index (χ2n) is 7.53. The minimum Gasteiger partial charge on any atom is -0.454 e. The van der Waals surface area contributed by atoms with Crippen molar-refractivity contribution in [2.24, 2.45) is 5.73 Å². The van der Waals surface area contributed by atoms with E-state index in [1.54, 1.807) is 24.3 Å². The van der Waals surface area contributed by atoms with E-state index in [9.17, 15) is 9.59 Å². The molecule has 2 aromatic carbocycles. The van der Waals surface area contributed by atoms with Gasteiger partial charge in [-0.3, -0.25) is 9.59 Å². The molecule has 0 bridgehead atoms. The Morgan fingerprint density at radius 3 is 2.32 bits per heavy atom. The summed E-state index contributed by atoms with van der Waals surface area (Å²) in [5.74, 6) is 0.890. The number of nitrogens with one attached hydrogen (secondary N) is 1. The van der Waals surface area contributed by atoms with E-state index < -0.39 is 5.91 Å². The predicted molar refractivity (Wildman–Crippen MR) is 105 cm³/mol. The summed E-state index contributed by atoms with van der Waals surface area (Å²) in [5, 5.41) is 3.10. The lowest BCUT2D eigenvalue weighted by Gasteiger charge is -2.38. The molecule has 1 fully saturated rings. The average Bonchev–Trinajstić information content (AvgIpc) is 3.21. The topological polar surface area (TPSA) is 90.7 Å². The van der Waals surface area contributed by atoms with Gasteiger partial charge in [-0.25, -0.2) is 0 Å². The zero-order valence-electron chi connectivity index (χ0n) is 15.7. The number of hydrogen-bond acceptors (Lipinski definition) is 4. The summed E-state index contributed by atoms with van der Waals surface area (Å²) in [5.41, 5.74) is 7.24. The van der Waals surface area contributed by atoms with Crippen molar-refractivity contribution < 1.29 is 19.1 Å². The maximum absolute atomic E-state index is 12.7. The van der Waals surface area contributed by atoms with Crippen LogP contribution in [-0.4, -0.2) is 25.2 Å². The summed E-state index contributed by atoms with van der Waals surface area (Å²) in [6.07, 6.45) is 5.53. The highest BCUT2D eigenvalue weighted by Crippen LogP contribution is 2.43. The molecule has 3 N–H and O–H groups in total. The molecule has 1 heterocycles. The molecule has 1 aliphatic carbocycles.